The number of nitrogens with two attached hydrogens (primary N) is 1. The average Bonchev–Trinajstić information content (AvgIpc) is 3.07. The number of aliphatic imine (C=N–C) groups is 1. The lowest BCUT2D eigenvalue weighted by molar-refractivity contribution is 0.117. The summed E-state index contributed by atoms with van der Waals surface area (Å²) in [6, 6.07) is 10.8. The maximum absolute atomic E-state index is 5.94. The molecule has 0 amide bonds. The molecule has 1 fully saturated rings. The lowest BCUT2D eigenvalue weighted by Crippen LogP contribution is -2.36. The van der Waals surface area contributed by atoms with Gasteiger partial charge in [0.1, 0.15) is 0 Å². The van der Waals surface area contributed by atoms with Crippen LogP contribution in [0.15, 0.2) is 35.3 Å². The Labute approximate surface area is 169 Å². The van der Waals surface area contributed by atoms with E-state index in [0.717, 1.165) is 39.1 Å². The van der Waals surface area contributed by atoms with Crippen molar-refractivity contribution in [2.75, 3.05) is 32.8 Å². The molecule has 0 aliphatic carbocycles. The Morgan fingerprint density at radius 2 is 2.12 bits per heavy atom. The summed E-state index contributed by atoms with van der Waals surface area (Å²) in [6.07, 6.45) is 4.59. The van der Waals surface area contributed by atoms with Crippen molar-refractivity contribution in [1.29, 1.82) is 0 Å². The molecule has 142 valence electrons. The van der Waals surface area contributed by atoms with Crippen LogP contribution in [0.2, 0.25) is 0 Å². The van der Waals surface area contributed by atoms with Crippen LogP contribution in [0.4, 0.5) is 0 Å². The molecule has 1 aromatic carbocycles. The molecule has 6 heteroatoms. The van der Waals surface area contributed by atoms with Gasteiger partial charge in [0.15, 0.2) is 5.96 Å². The van der Waals surface area contributed by atoms with E-state index < -0.39 is 0 Å². The van der Waals surface area contributed by atoms with Crippen molar-refractivity contribution >= 4 is 29.9 Å². The van der Waals surface area contributed by atoms with Gasteiger partial charge in [0.25, 0.3) is 0 Å². The molecule has 1 saturated heterocycles. The van der Waals surface area contributed by atoms with E-state index in [2.05, 4.69) is 34.3 Å². The Kier molecular flexibility index (Phi) is 11.9. The molecule has 0 bridgehead atoms. The van der Waals surface area contributed by atoms with E-state index in [-0.39, 0.29) is 24.0 Å². The number of unbranched alkanes of at least 4 members (excludes halogenated alkanes) is 1. The third-order valence-electron chi connectivity index (χ3n) is 4.51. The fourth-order valence-electron chi connectivity index (χ4n) is 3.09. The van der Waals surface area contributed by atoms with Gasteiger partial charge in [0.05, 0.1) is 13.2 Å². The lowest BCUT2D eigenvalue weighted by Gasteiger charge is -2.20. The van der Waals surface area contributed by atoms with Gasteiger partial charge in [-0.1, -0.05) is 37.3 Å². The number of halogens is 1. The molecule has 0 radical (unpaired) electrons. The van der Waals surface area contributed by atoms with Crippen molar-refractivity contribution in [3.63, 3.8) is 0 Å². The maximum Gasteiger partial charge on any atom is 0.188 e. The van der Waals surface area contributed by atoms with Crippen LogP contribution in [-0.2, 0) is 11.3 Å². The number of likely N-dealkylation sites (tertiary alicyclic amines) is 1. The van der Waals surface area contributed by atoms with Gasteiger partial charge in [-0.25, -0.2) is 0 Å². The highest BCUT2D eigenvalue weighted by Crippen LogP contribution is 2.16. The Hall–Kier alpha value is -0.860. The molecule has 0 aromatic heterocycles. The van der Waals surface area contributed by atoms with Crippen LogP contribution in [0.5, 0.6) is 0 Å². The largest absolute Gasteiger partial charge is 0.377 e. The minimum atomic E-state index is 0. The van der Waals surface area contributed by atoms with E-state index in [0.29, 0.717) is 18.6 Å². The average molecular weight is 460 g/mol. The van der Waals surface area contributed by atoms with Crippen LogP contribution in [-0.4, -0.2) is 49.7 Å². The minimum Gasteiger partial charge on any atom is -0.377 e. The first-order valence-corrected chi connectivity index (χ1v) is 9.19. The van der Waals surface area contributed by atoms with Gasteiger partial charge in [-0.05, 0) is 44.3 Å². The standard InChI is InChI=1S/C19H32N4O.HI/c1-2-23-13-8-11-18(23)15-22-19(20)21-12-6-7-14-24-16-17-9-4-3-5-10-17;/h3-5,9-10,18H,2,6-8,11-16H2,1H3,(H3,20,21,22);1H. The highest BCUT2D eigenvalue weighted by atomic mass is 127. The molecule has 2 rings (SSSR count). The number of rotatable bonds is 10. The van der Waals surface area contributed by atoms with Gasteiger partial charge in [0, 0.05) is 19.2 Å². The van der Waals surface area contributed by atoms with Crippen LogP contribution < -0.4 is 11.1 Å². The Balaban J connectivity index is 0.00000312. The van der Waals surface area contributed by atoms with E-state index in [1.54, 1.807) is 0 Å². The maximum atomic E-state index is 5.94. The Morgan fingerprint density at radius 3 is 2.88 bits per heavy atom. The van der Waals surface area contributed by atoms with E-state index in [9.17, 15) is 0 Å². The summed E-state index contributed by atoms with van der Waals surface area (Å²) in [6.45, 7) is 7.65. The molecular formula is C19H33IN4O. The number of guanidine groups is 1. The molecule has 1 atom stereocenters. The Bertz CT molecular complexity index is 484. The molecule has 1 unspecified atom stereocenters. The summed E-state index contributed by atoms with van der Waals surface area (Å²) >= 11 is 0. The fourth-order valence-corrected chi connectivity index (χ4v) is 3.09. The lowest BCUT2D eigenvalue weighted by atomic mass is 10.2. The fraction of sp³-hybridized carbons (Fsp3) is 0.632. The molecule has 1 aliphatic heterocycles. The highest BCUT2D eigenvalue weighted by Gasteiger charge is 2.22. The topological polar surface area (TPSA) is 62.9 Å². The zero-order valence-electron chi connectivity index (χ0n) is 15.3. The molecule has 25 heavy (non-hydrogen) atoms. The van der Waals surface area contributed by atoms with Crippen LogP contribution in [0, 0.1) is 0 Å². The molecule has 1 heterocycles. The number of nitrogens with zero attached hydrogens (tertiary/aromatic N) is 2. The van der Waals surface area contributed by atoms with Gasteiger partial charge in [-0.15, -0.1) is 24.0 Å². The predicted octanol–water partition coefficient (Wildman–Crippen LogP) is 2.99. The second kappa shape index (κ2) is 13.4. The van der Waals surface area contributed by atoms with Crippen molar-refractivity contribution < 1.29 is 4.74 Å². The van der Waals surface area contributed by atoms with E-state index in [1.165, 1.54) is 24.9 Å². The summed E-state index contributed by atoms with van der Waals surface area (Å²) < 4.78 is 5.67. The number of ether oxygens (including phenoxy) is 1. The van der Waals surface area contributed by atoms with Gasteiger partial charge in [0.2, 0.25) is 0 Å². The van der Waals surface area contributed by atoms with Gasteiger partial charge >= 0.3 is 0 Å². The van der Waals surface area contributed by atoms with Crippen molar-refractivity contribution in [3.05, 3.63) is 35.9 Å². The number of likely N-dealkylation sites (N-methyl/N-ethyl adjacent to an activating group) is 1. The second-order valence-electron chi connectivity index (χ2n) is 6.32. The number of nitrogens with one attached hydrogen (secondary N) is 1. The molecule has 5 nitrogen and oxygen atoms in total. The second-order valence-corrected chi connectivity index (χ2v) is 6.32. The first-order chi connectivity index (χ1) is 11.8. The molecule has 3 N–H and O–H groups in total. The number of hydrogen-bond acceptors (Lipinski definition) is 3. The summed E-state index contributed by atoms with van der Waals surface area (Å²) in [4.78, 5) is 6.98. The van der Waals surface area contributed by atoms with E-state index >= 15 is 0 Å². The summed E-state index contributed by atoms with van der Waals surface area (Å²) in [5.41, 5.74) is 7.17. The Morgan fingerprint density at radius 1 is 1.32 bits per heavy atom. The van der Waals surface area contributed by atoms with Crippen molar-refractivity contribution in [3.8, 4) is 0 Å². The molecule has 1 aliphatic rings. The van der Waals surface area contributed by atoms with E-state index in [4.69, 9.17) is 10.5 Å². The van der Waals surface area contributed by atoms with Gasteiger partial charge in [-0.3, -0.25) is 9.89 Å². The van der Waals surface area contributed by atoms with Crippen LogP contribution in [0.3, 0.4) is 0 Å². The van der Waals surface area contributed by atoms with E-state index in [1.807, 2.05) is 18.2 Å². The van der Waals surface area contributed by atoms with Crippen molar-refractivity contribution in [2.45, 2.75) is 45.3 Å². The quantitative estimate of drug-likeness (QED) is 0.244. The third-order valence-corrected chi connectivity index (χ3v) is 4.51. The smallest absolute Gasteiger partial charge is 0.188 e. The zero-order valence-corrected chi connectivity index (χ0v) is 17.7. The molecule has 0 spiro atoms. The zero-order chi connectivity index (χ0) is 17.0. The predicted molar refractivity (Wildman–Crippen MR) is 116 cm³/mol. The summed E-state index contributed by atoms with van der Waals surface area (Å²) in [5, 5.41) is 3.20. The summed E-state index contributed by atoms with van der Waals surface area (Å²) in [5.74, 6) is 0.572. The highest BCUT2D eigenvalue weighted by molar-refractivity contribution is 14.0. The number of benzene rings is 1. The van der Waals surface area contributed by atoms with Crippen LogP contribution >= 0.6 is 24.0 Å². The molecule has 0 saturated carbocycles. The van der Waals surface area contributed by atoms with Crippen molar-refractivity contribution in [1.82, 2.24) is 10.2 Å². The number of hydrogen-bond donors (Lipinski definition) is 2. The molecular weight excluding hydrogens is 427 g/mol. The monoisotopic (exact) mass is 460 g/mol. The SMILES string of the molecule is CCN1CCCC1CN=C(N)NCCCCOCc1ccccc1.I. The first kappa shape index (κ1) is 22.2. The first-order valence-electron chi connectivity index (χ1n) is 9.19. The normalized spacial score (nSPS) is 18.1. The van der Waals surface area contributed by atoms with Gasteiger partial charge in [-0.2, -0.15) is 0 Å². The molecule has 1 aromatic rings. The van der Waals surface area contributed by atoms with Crippen molar-refractivity contribution in [2.24, 2.45) is 10.7 Å². The third kappa shape index (κ3) is 8.87. The minimum absolute atomic E-state index is 0. The van der Waals surface area contributed by atoms with Gasteiger partial charge < -0.3 is 15.8 Å². The van der Waals surface area contributed by atoms with Crippen LogP contribution in [0.1, 0.15) is 38.2 Å². The van der Waals surface area contributed by atoms with Crippen LogP contribution in [0.25, 0.3) is 0 Å². The summed E-state index contributed by atoms with van der Waals surface area (Å²) in [7, 11) is 0.